The number of nitrogens with one attached hydrogen (secondary N) is 2. The molecule has 0 aliphatic heterocycles. The van der Waals surface area contributed by atoms with E-state index < -0.39 is 0 Å². The number of anilines is 1. The van der Waals surface area contributed by atoms with E-state index in [-0.39, 0.29) is 17.9 Å². The zero-order valence-electron chi connectivity index (χ0n) is 13.2. The third-order valence-electron chi connectivity index (χ3n) is 3.88. The van der Waals surface area contributed by atoms with E-state index in [4.69, 9.17) is 0 Å². The molecule has 1 aromatic carbocycles. The Morgan fingerprint density at radius 1 is 1.27 bits per heavy atom. The fourth-order valence-electron chi connectivity index (χ4n) is 2.74. The monoisotopic (exact) mass is 320 g/mol. The molecule has 120 valence electrons. The summed E-state index contributed by atoms with van der Waals surface area (Å²) in [6.45, 7) is 3.96. The first-order chi connectivity index (χ1) is 10.6. The van der Waals surface area contributed by atoms with Crippen LogP contribution in [0, 0.1) is 0 Å². The third-order valence-corrected chi connectivity index (χ3v) is 5.21. The molecular formula is C17H24N2O2S. The zero-order chi connectivity index (χ0) is 15.9. The molecule has 0 saturated heterocycles. The average molecular weight is 320 g/mol. The summed E-state index contributed by atoms with van der Waals surface area (Å²) in [6, 6.07) is 7.38. The van der Waals surface area contributed by atoms with Crippen LogP contribution in [0.1, 0.15) is 49.9 Å². The first-order valence-corrected chi connectivity index (χ1v) is 9.01. The van der Waals surface area contributed by atoms with Crippen molar-refractivity contribution < 1.29 is 9.59 Å². The highest BCUT2D eigenvalue weighted by atomic mass is 32.2. The summed E-state index contributed by atoms with van der Waals surface area (Å²) in [5, 5.41) is 6.46. The van der Waals surface area contributed by atoms with Crippen LogP contribution in [-0.4, -0.2) is 28.9 Å². The maximum absolute atomic E-state index is 12.4. The van der Waals surface area contributed by atoms with Crippen molar-refractivity contribution in [2.75, 3.05) is 11.1 Å². The van der Waals surface area contributed by atoms with E-state index in [0.29, 0.717) is 22.9 Å². The van der Waals surface area contributed by atoms with Gasteiger partial charge in [0.2, 0.25) is 5.91 Å². The summed E-state index contributed by atoms with van der Waals surface area (Å²) in [4.78, 5) is 23.9. The molecule has 1 saturated carbocycles. The summed E-state index contributed by atoms with van der Waals surface area (Å²) < 4.78 is 0. The topological polar surface area (TPSA) is 58.2 Å². The molecule has 0 bridgehead atoms. The van der Waals surface area contributed by atoms with Crippen LogP contribution in [0.5, 0.6) is 0 Å². The van der Waals surface area contributed by atoms with Gasteiger partial charge in [0.15, 0.2) is 0 Å². The minimum Gasteiger partial charge on any atom is -0.348 e. The van der Waals surface area contributed by atoms with Crippen LogP contribution in [0.2, 0.25) is 0 Å². The minimum absolute atomic E-state index is 0.0484. The molecule has 1 aliphatic rings. The van der Waals surface area contributed by atoms with Crippen molar-refractivity contribution in [2.24, 2.45) is 0 Å². The van der Waals surface area contributed by atoms with Gasteiger partial charge in [-0.25, -0.2) is 0 Å². The maximum Gasteiger partial charge on any atom is 0.251 e. The molecular weight excluding hydrogens is 296 g/mol. The summed E-state index contributed by atoms with van der Waals surface area (Å²) in [7, 11) is 0. The Kier molecular flexibility index (Phi) is 6.31. The molecule has 0 heterocycles. The fourth-order valence-corrected chi connectivity index (χ4v) is 3.94. The van der Waals surface area contributed by atoms with Crippen LogP contribution in [0.3, 0.4) is 0 Å². The highest BCUT2D eigenvalue weighted by molar-refractivity contribution is 7.99. The number of rotatable bonds is 6. The average Bonchev–Trinajstić information content (AvgIpc) is 2.95. The Hall–Kier alpha value is -1.49. The highest BCUT2D eigenvalue weighted by Gasteiger charge is 2.28. The van der Waals surface area contributed by atoms with Crippen LogP contribution < -0.4 is 10.6 Å². The molecule has 2 rings (SSSR count). The first kappa shape index (κ1) is 16.9. The number of carbonyl (C=O) groups excluding carboxylic acids is 2. The van der Waals surface area contributed by atoms with Gasteiger partial charge in [0.1, 0.15) is 0 Å². The van der Waals surface area contributed by atoms with Gasteiger partial charge in [-0.1, -0.05) is 26.3 Å². The Bertz CT molecular complexity index is 533. The second-order valence-electron chi connectivity index (χ2n) is 5.49. The summed E-state index contributed by atoms with van der Waals surface area (Å²) in [5.41, 5.74) is 1.27. The second kappa shape index (κ2) is 8.22. The van der Waals surface area contributed by atoms with Crippen molar-refractivity contribution in [1.82, 2.24) is 5.32 Å². The molecule has 0 aromatic heterocycles. The maximum atomic E-state index is 12.4. The van der Waals surface area contributed by atoms with Crippen molar-refractivity contribution in [3.8, 4) is 0 Å². The molecule has 1 fully saturated rings. The zero-order valence-corrected chi connectivity index (χ0v) is 14.0. The van der Waals surface area contributed by atoms with Crippen molar-refractivity contribution in [3.63, 3.8) is 0 Å². The SMILES string of the molecule is CCS[C@@H]1CCC[C@H]1NC(=O)c1cccc(NC(=O)CC)c1. The lowest BCUT2D eigenvalue weighted by Crippen LogP contribution is -2.38. The predicted molar refractivity (Wildman–Crippen MR) is 92.4 cm³/mol. The highest BCUT2D eigenvalue weighted by Crippen LogP contribution is 2.30. The Balaban J connectivity index is 2.00. The van der Waals surface area contributed by atoms with Gasteiger partial charge in [-0.2, -0.15) is 11.8 Å². The Labute approximate surface area is 136 Å². The van der Waals surface area contributed by atoms with E-state index in [9.17, 15) is 9.59 Å². The first-order valence-electron chi connectivity index (χ1n) is 7.96. The van der Waals surface area contributed by atoms with Crippen molar-refractivity contribution in [2.45, 2.75) is 50.8 Å². The van der Waals surface area contributed by atoms with Gasteiger partial charge >= 0.3 is 0 Å². The van der Waals surface area contributed by atoms with Gasteiger partial charge in [-0.3, -0.25) is 9.59 Å². The molecule has 2 amide bonds. The Morgan fingerprint density at radius 3 is 2.82 bits per heavy atom. The van der Waals surface area contributed by atoms with E-state index in [1.807, 2.05) is 11.8 Å². The smallest absolute Gasteiger partial charge is 0.251 e. The molecule has 22 heavy (non-hydrogen) atoms. The molecule has 1 aromatic rings. The van der Waals surface area contributed by atoms with E-state index in [1.165, 1.54) is 12.8 Å². The molecule has 0 spiro atoms. The number of carbonyl (C=O) groups is 2. The number of benzene rings is 1. The molecule has 4 nitrogen and oxygen atoms in total. The van der Waals surface area contributed by atoms with Crippen LogP contribution in [-0.2, 0) is 4.79 Å². The summed E-state index contributed by atoms with van der Waals surface area (Å²) in [6.07, 6.45) is 3.83. The summed E-state index contributed by atoms with van der Waals surface area (Å²) in [5.74, 6) is 0.976. The normalized spacial score (nSPS) is 20.6. The molecule has 5 heteroatoms. The number of hydrogen-bond acceptors (Lipinski definition) is 3. The summed E-state index contributed by atoms with van der Waals surface area (Å²) >= 11 is 1.93. The van der Waals surface area contributed by atoms with E-state index >= 15 is 0 Å². The fraction of sp³-hybridized carbons (Fsp3) is 0.529. The lowest BCUT2D eigenvalue weighted by molar-refractivity contribution is -0.115. The van der Waals surface area contributed by atoms with Crippen LogP contribution in [0.15, 0.2) is 24.3 Å². The van der Waals surface area contributed by atoms with E-state index in [0.717, 1.165) is 12.2 Å². The molecule has 0 unspecified atom stereocenters. The van der Waals surface area contributed by atoms with E-state index in [2.05, 4.69) is 17.6 Å². The molecule has 2 atom stereocenters. The standard InChI is InChI=1S/C17H24N2O2S/c1-3-16(20)18-13-8-5-7-12(11-13)17(21)19-14-9-6-10-15(14)22-4-2/h5,7-8,11,14-15H,3-4,6,9-10H2,1-2H3,(H,18,20)(H,19,21)/t14-,15-/m1/s1. The van der Waals surface area contributed by atoms with Crippen molar-refractivity contribution >= 4 is 29.3 Å². The van der Waals surface area contributed by atoms with Gasteiger partial charge in [0.25, 0.3) is 5.91 Å². The van der Waals surface area contributed by atoms with Gasteiger partial charge in [-0.15, -0.1) is 0 Å². The predicted octanol–water partition coefficient (Wildman–Crippen LogP) is 3.44. The quantitative estimate of drug-likeness (QED) is 0.844. The second-order valence-corrected chi connectivity index (χ2v) is 7.00. The van der Waals surface area contributed by atoms with Crippen LogP contribution in [0.4, 0.5) is 5.69 Å². The van der Waals surface area contributed by atoms with Crippen LogP contribution >= 0.6 is 11.8 Å². The van der Waals surface area contributed by atoms with Crippen molar-refractivity contribution in [1.29, 1.82) is 0 Å². The lowest BCUT2D eigenvalue weighted by Gasteiger charge is -2.20. The Morgan fingerprint density at radius 2 is 2.09 bits per heavy atom. The van der Waals surface area contributed by atoms with Gasteiger partial charge in [0.05, 0.1) is 0 Å². The van der Waals surface area contributed by atoms with Crippen LogP contribution in [0.25, 0.3) is 0 Å². The van der Waals surface area contributed by atoms with Gasteiger partial charge in [0, 0.05) is 29.0 Å². The van der Waals surface area contributed by atoms with Crippen molar-refractivity contribution in [3.05, 3.63) is 29.8 Å². The lowest BCUT2D eigenvalue weighted by atomic mass is 10.1. The minimum atomic E-state index is -0.0544. The number of thioether (sulfide) groups is 1. The molecule has 2 N–H and O–H groups in total. The van der Waals surface area contributed by atoms with Gasteiger partial charge < -0.3 is 10.6 Å². The third kappa shape index (κ3) is 4.50. The molecule has 0 radical (unpaired) electrons. The molecule has 1 aliphatic carbocycles. The van der Waals surface area contributed by atoms with E-state index in [1.54, 1.807) is 31.2 Å². The largest absolute Gasteiger partial charge is 0.348 e. The van der Waals surface area contributed by atoms with Gasteiger partial charge in [-0.05, 0) is 36.8 Å². The number of hydrogen-bond donors (Lipinski definition) is 2. The number of amides is 2.